The standard InChI is InChI=1S/C5H9BrO2/c6-3-1-2-4-5(7)8-4/h4-5,7H,1-3H2. The maximum Gasteiger partial charge on any atom is 0.181 e. The summed E-state index contributed by atoms with van der Waals surface area (Å²) in [4.78, 5) is 0. The number of rotatable bonds is 3. The Balaban J connectivity index is 1.89. The number of hydrogen-bond acceptors (Lipinski definition) is 2. The van der Waals surface area contributed by atoms with Crippen molar-refractivity contribution in [1.82, 2.24) is 0 Å². The largest absolute Gasteiger partial charge is 0.366 e. The Labute approximate surface area is 57.0 Å². The minimum Gasteiger partial charge on any atom is -0.366 e. The molecule has 0 spiro atoms. The van der Waals surface area contributed by atoms with E-state index in [1.165, 1.54) is 0 Å². The number of aliphatic hydroxyl groups excluding tert-OH is 1. The van der Waals surface area contributed by atoms with Gasteiger partial charge >= 0.3 is 0 Å². The van der Waals surface area contributed by atoms with Crippen LogP contribution in [-0.2, 0) is 4.74 Å². The van der Waals surface area contributed by atoms with Crippen LogP contribution < -0.4 is 0 Å². The highest BCUT2D eigenvalue weighted by molar-refractivity contribution is 9.09. The molecule has 1 aliphatic rings. The quantitative estimate of drug-likeness (QED) is 0.517. The Bertz CT molecular complexity index is 76.8. The van der Waals surface area contributed by atoms with E-state index in [1.54, 1.807) is 0 Å². The van der Waals surface area contributed by atoms with Gasteiger partial charge in [-0.15, -0.1) is 0 Å². The van der Waals surface area contributed by atoms with Crippen LogP contribution in [0.5, 0.6) is 0 Å². The number of hydrogen-bond donors (Lipinski definition) is 1. The van der Waals surface area contributed by atoms with E-state index in [9.17, 15) is 0 Å². The van der Waals surface area contributed by atoms with Crippen molar-refractivity contribution in [3.05, 3.63) is 0 Å². The number of alkyl halides is 1. The van der Waals surface area contributed by atoms with Crippen LogP contribution in [0.3, 0.4) is 0 Å². The van der Waals surface area contributed by atoms with Crippen molar-refractivity contribution in [2.24, 2.45) is 0 Å². The van der Waals surface area contributed by atoms with Gasteiger partial charge in [-0.2, -0.15) is 0 Å². The first kappa shape index (κ1) is 6.52. The molecule has 0 bridgehead atoms. The minimum atomic E-state index is -0.450. The highest BCUT2D eigenvalue weighted by Gasteiger charge is 2.35. The molecule has 2 atom stereocenters. The van der Waals surface area contributed by atoms with Crippen molar-refractivity contribution in [3.8, 4) is 0 Å². The van der Waals surface area contributed by atoms with Crippen LogP contribution in [0.25, 0.3) is 0 Å². The third-order valence-electron chi connectivity index (χ3n) is 1.18. The maximum atomic E-state index is 8.62. The summed E-state index contributed by atoms with van der Waals surface area (Å²) in [5.41, 5.74) is 0. The number of aliphatic hydroxyl groups is 1. The fraction of sp³-hybridized carbons (Fsp3) is 1.00. The molecule has 3 heteroatoms. The summed E-state index contributed by atoms with van der Waals surface area (Å²) in [6.45, 7) is 0. The fourth-order valence-corrected chi connectivity index (χ4v) is 0.946. The van der Waals surface area contributed by atoms with Crippen molar-refractivity contribution in [2.75, 3.05) is 5.33 Å². The molecule has 0 saturated carbocycles. The topological polar surface area (TPSA) is 32.8 Å². The van der Waals surface area contributed by atoms with Gasteiger partial charge in [-0.25, -0.2) is 0 Å². The molecule has 0 amide bonds. The summed E-state index contributed by atoms with van der Waals surface area (Å²) in [5, 5.41) is 9.62. The van der Waals surface area contributed by atoms with Crippen molar-refractivity contribution in [3.63, 3.8) is 0 Å². The third-order valence-corrected chi connectivity index (χ3v) is 1.74. The van der Waals surface area contributed by atoms with E-state index in [4.69, 9.17) is 9.84 Å². The fourth-order valence-electron chi connectivity index (χ4n) is 0.623. The molecule has 1 saturated heterocycles. The molecule has 0 aliphatic carbocycles. The molecule has 2 nitrogen and oxygen atoms in total. The van der Waals surface area contributed by atoms with E-state index < -0.39 is 6.29 Å². The van der Waals surface area contributed by atoms with Crippen molar-refractivity contribution < 1.29 is 9.84 Å². The Hall–Kier alpha value is 0.400. The van der Waals surface area contributed by atoms with Crippen molar-refractivity contribution in [2.45, 2.75) is 25.2 Å². The zero-order valence-electron chi connectivity index (χ0n) is 4.51. The van der Waals surface area contributed by atoms with Crippen LogP contribution in [-0.4, -0.2) is 22.8 Å². The van der Waals surface area contributed by atoms with Crippen molar-refractivity contribution >= 4 is 15.9 Å². The van der Waals surface area contributed by atoms with Gasteiger partial charge in [-0.05, 0) is 12.8 Å². The lowest BCUT2D eigenvalue weighted by Gasteiger charge is -1.86. The average Bonchev–Trinajstić information content (AvgIpc) is 2.42. The SMILES string of the molecule is OC1OC1CCCBr. The molecule has 1 rings (SSSR count). The number of ether oxygens (including phenoxy) is 1. The predicted molar refractivity (Wildman–Crippen MR) is 33.9 cm³/mol. The van der Waals surface area contributed by atoms with Crippen LogP contribution in [0, 0.1) is 0 Å². The first-order chi connectivity index (χ1) is 3.84. The van der Waals surface area contributed by atoms with E-state index in [2.05, 4.69) is 15.9 Å². The lowest BCUT2D eigenvalue weighted by molar-refractivity contribution is 0.156. The van der Waals surface area contributed by atoms with E-state index in [0.717, 1.165) is 18.2 Å². The van der Waals surface area contributed by atoms with E-state index in [0.29, 0.717) is 0 Å². The molecule has 0 aromatic heterocycles. The van der Waals surface area contributed by atoms with Gasteiger partial charge in [0.2, 0.25) is 0 Å². The van der Waals surface area contributed by atoms with Gasteiger partial charge in [0.05, 0.1) is 0 Å². The molecule has 1 heterocycles. The van der Waals surface area contributed by atoms with Gasteiger partial charge in [0.1, 0.15) is 6.10 Å². The molecular formula is C5H9BrO2. The van der Waals surface area contributed by atoms with Crippen LogP contribution in [0.2, 0.25) is 0 Å². The van der Waals surface area contributed by atoms with Gasteiger partial charge in [-0.3, -0.25) is 0 Å². The summed E-state index contributed by atoms with van der Waals surface area (Å²) in [7, 11) is 0. The van der Waals surface area contributed by atoms with Gasteiger partial charge < -0.3 is 9.84 Å². The number of epoxide rings is 1. The molecule has 1 fully saturated rings. The van der Waals surface area contributed by atoms with Crippen LogP contribution in [0.1, 0.15) is 12.8 Å². The van der Waals surface area contributed by atoms with E-state index in [1.807, 2.05) is 0 Å². The highest BCUT2D eigenvalue weighted by atomic mass is 79.9. The summed E-state index contributed by atoms with van der Waals surface area (Å²) in [6, 6.07) is 0. The lowest BCUT2D eigenvalue weighted by Crippen LogP contribution is -1.91. The summed E-state index contributed by atoms with van der Waals surface area (Å²) >= 11 is 3.29. The Morgan fingerprint density at radius 1 is 1.62 bits per heavy atom. The maximum absolute atomic E-state index is 8.62. The smallest absolute Gasteiger partial charge is 0.181 e. The number of halogens is 1. The second-order valence-electron chi connectivity index (χ2n) is 1.90. The molecular weight excluding hydrogens is 172 g/mol. The molecule has 2 unspecified atom stereocenters. The normalized spacial score (nSPS) is 35.2. The minimum absolute atomic E-state index is 0.146. The second kappa shape index (κ2) is 2.80. The average molecular weight is 181 g/mol. The van der Waals surface area contributed by atoms with Gasteiger partial charge in [-0.1, -0.05) is 15.9 Å². The lowest BCUT2D eigenvalue weighted by atomic mass is 10.3. The monoisotopic (exact) mass is 180 g/mol. The molecule has 48 valence electrons. The molecule has 1 aliphatic heterocycles. The summed E-state index contributed by atoms with van der Waals surface area (Å²) in [5.74, 6) is 0. The van der Waals surface area contributed by atoms with Gasteiger partial charge in [0.15, 0.2) is 6.29 Å². The highest BCUT2D eigenvalue weighted by Crippen LogP contribution is 2.23. The summed E-state index contributed by atoms with van der Waals surface area (Å²) in [6.07, 6.45) is 1.76. The zero-order chi connectivity index (χ0) is 5.98. The van der Waals surface area contributed by atoms with Gasteiger partial charge in [0.25, 0.3) is 0 Å². The molecule has 0 aromatic carbocycles. The third kappa shape index (κ3) is 1.73. The molecule has 1 N–H and O–H groups in total. The van der Waals surface area contributed by atoms with Crippen molar-refractivity contribution in [1.29, 1.82) is 0 Å². The molecule has 0 radical (unpaired) electrons. The van der Waals surface area contributed by atoms with Crippen LogP contribution in [0.4, 0.5) is 0 Å². The molecule has 8 heavy (non-hydrogen) atoms. The Morgan fingerprint density at radius 2 is 2.25 bits per heavy atom. The predicted octanol–water partition coefficient (Wildman–Crippen LogP) is 0.879. The summed E-state index contributed by atoms with van der Waals surface area (Å²) < 4.78 is 4.75. The van der Waals surface area contributed by atoms with E-state index in [-0.39, 0.29) is 6.10 Å². The van der Waals surface area contributed by atoms with E-state index >= 15 is 0 Å². The Kier molecular flexibility index (Phi) is 2.28. The van der Waals surface area contributed by atoms with Crippen LogP contribution in [0.15, 0.2) is 0 Å². The zero-order valence-corrected chi connectivity index (χ0v) is 6.10. The molecule has 0 aromatic rings. The first-order valence-corrected chi connectivity index (χ1v) is 3.86. The first-order valence-electron chi connectivity index (χ1n) is 2.74. The second-order valence-corrected chi connectivity index (χ2v) is 2.69. The Morgan fingerprint density at radius 3 is 2.62 bits per heavy atom. The van der Waals surface area contributed by atoms with Gasteiger partial charge in [0, 0.05) is 5.33 Å². The van der Waals surface area contributed by atoms with Crippen LogP contribution >= 0.6 is 15.9 Å².